The molecule has 29 heavy (non-hydrogen) atoms. The van der Waals surface area contributed by atoms with Gasteiger partial charge in [0, 0.05) is 24.1 Å². The van der Waals surface area contributed by atoms with E-state index < -0.39 is 5.82 Å². The van der Waals surface area contributed by atoms with Crippen LogP contribution in [-0.4, -0.2) is 29.0 Å². The van der Waals surface area contributed by atoms with Crippen molar-refractivity contribution in [2.45, 2.75) is 51.0 Å². The zero-order valence-electron chi connectivity index (χ0n) is 16.3. The Morgan fingerprint density at radius 1 is 1.31 bits per heavy atom. The van der Waals surface area contributed by atoms with E-state index in [2.05, 4.69) is 10.5 Å². The summed E-state index contributed by atoms with van der Waals surface area (Å²) < 4.78 is 23.9. The van der Waals surface area contributed by atoms with Gasteiger partial charge >= 0.3 is 0 Å². The second-order valence-corrected chi connectivity index (χ2v) is 9.00. The number of nitrogens with zero attached hydrogens (tertiary/aromatic N) is 1. The molecule has 0 aliphatic heterocycles. The second kappa shape index (κ2) is 7.13. The van der Waals surface area contributed by atoms with Crippen molar-refractivity contribution in [1.82, 2.24) is 10.5 Å². The maximum atomic E-state index is 13.4. The lowest BCUT2D eigenvalue weighted by Crippen LogP contribution is -2.75. The van der Waals surface area contributed by atoms with Crippen LogP contribution in [0.25, 0.3) is 0 Å². The molecular weight excluding hydrogens is 399 g/mol. The van der Waals surface area contributed by atoms with Gasteiger partial charge in [0.2, 0.25) is 11.5 Å². The maximum absolute atomic E-state index is 13.4. The Kier molecular flexibility index (Phi) is 4.89. The molecule has 6 nitrogen and oxygen atoms in total. The topological polar surface area (TPSA) is 81.4 Å². The molecule has 0 atom stereocenters. The average molecular weight is 421 g/mol. The first-order valence-corrected chi connectivity index (χ1v) is 9.96. The van der Waals surface area contributed by atoms with Crippen molar-refractivity contribution in [2.24, 2.45) is 5.41 Å². The van der Waals surface area contributed by atoms with E-state index in [1.54, 1.807) is 6.07 Å². The van der Waals surface area contributed by atoms with Crippen LogP contribution in [0.1, 0.15) is 61.7 Å². The molecule has 5 rings (SSSR count). The molecule has 1 N–H and O–H groups in total. The van der Waals surface area contributed by atoms with Crippen LogP contribution in [0.3, 0.4) is 0 Å². The number of carbonyl (C=O) groups excluding carboxylic acids is 2. The third-order valence-electron chi connectivity index (χ3n) is 5.74. The Morgan fingerprint density at radius 2 is 2.03 bits per heavy atom. The van der Waals surface area contributed by atoms with Crippen LogP contribution in [0.4, 0.5) is 4.39 Å². The van der Waals surface area contributed by atoms with Gasteiger partial charge in [-0.25, -0.2) is 4.39 Å². The lowest BCUT2D eigenvalue weighted by molar-refractivity contribution is -0.164. The van der Waals surface area contributed by atoms with Crippen molar-refractivity contribution in [3.63, 3.8) is 0 Å². The van der Waals surface area contributed by atoms with Crippen LogP contribution in [0.5, 0.6) is 5.75 Å². The largest absolute Gasteiger partial charge is 0.484 e. The van der Waals surface area contributed by atoms with Crippen LogP contribution in [-0.2, 0) is 4.79 Å². The molecule has 8 heteroatoms. The van der Waals surface area contributed by atoms with E-state index in [0.717, 1.165) is 31.0 Å². The number of carbonyl (C=O) groups is 2. The molecule has 3 fully saturated rings. The molecular formula is C21H22ClFN2O4. The summed E-state index contributed by atoms with van der Waals surface area (Å²) in [6.07, 6.45) is 2.69. The standard InChI is InChI=1S/C21H22ClFN2O4/c1-12(2)16-6-18(29-25-16)17(26)7-20-9-21(10-20,11-20)24-19(27)8-28-13-3-4-14(22)15(23)5-13/h3-6,12H,7-11H2,1-2H3,(H,24,27). The average Bonchev–Trinajstić information content (AvgIpc) is 3.10. The van der Waals surface area contributed by atoms with Crippen LogP contribution in [0.2, 0.25) is 5.02 Å². The van der Waals surface area contributed by atoms with Crippen LogP contribution >= 0.6 is 11.6 Å². The summed E-state index contributed by atoms with van der Waals surface area (Å²) in [5.41, 5.74) is 0.460. The molecule has 0 unspecified atom stereocenters. The van der Waals surface area contributed by atoms with E-state index >= 15 is 0 Å². The number of halogens is 2. The number of ketones is 1. The van der Waals surface area contributed by atoms with Gasteiger partial charge in [0.1, 0.15) is 11.6 Å². The third-order valence-corrected chi connectivity index (χ3v) is 6.04. The van der Waals surface area contributed by atoms with Gasteiger partial charge in [-0.1, -0.05) is 30.6 Å². The summed E-state index contributed by atoms with van der Waals surface area (Å²) in [7, 11) is 0. The van der Waals surface area contributed by atoms with Gasteiger partial charge < -0.3 is 14.6 Å². The summed E-state index contributed by atoms with van der Waals surface area (Å²) in [6, 6.07) is 5.75. The molecule has 0 saturated heterocycles. The highest BCUT2D eigenvalue weighted by Crippen LogP contribution is 2.69. The number of aromatic nitrogens is 1. The summed E-state index contributed by atoms with van der Waals surface area (Å²) in [5, 5.41) is 6.92. The Morgan fingerprint density at radius 3 is 2.66 bits per heavy atom. The number of nitrogens with one attached hydrogen (secondary N) is 1. The molecule has 3 aliphatic carbocycles. The molecule has 2 bridgehead atoms. The predicted molar refractivity (Wildman–Crippen MR) is 104 cm³/mol. The molecule has 3 saturated carbocycles. The lowest BCUT2D eigenvalue weighted by atomic mass is 9.38. The Labute approximate surface area is 172 Å². The van der Waals surface area contributed by atoms with Gasteiger partial charge in [0.05, 0.1) is 10.7 Å². The molecule has 1 heterocycles. The highest BCUT2D eigenvalue weighted by Gasteiger charge is 2.68. The molecule has 0 spiro atoms. The van der Waals surface area contributed by atoms with Gasteiger partial charge in [-0.05, 0) is 42.7 Å². The van der Waals surface area contributed by atoms with Crippen LogP contribution in [0.15, 0.2) is 28.8 Å². The number of benzene rings is 1. The minimum absolute atomic E-state index is 0.00118. The molecule has 0 radical (unpaired) electrons. The van der Waals surface area contributed by atoms with E-state index in [1.165, 1.54) is 12.1 Å². The fourth-order valence-electron chi connectivity index (χ4n) is 4.49. The van der Waals surface area contributed by atoms with Gasteiger partial charge in [-0.2, -0.15) is 0 Å². The smallest absolute Gasteiger partial charge is 0.258 e. The highest BCUT2D eigenvalue weighted by molar-refractivity contribution is 6.30. The normalized spacial score (nSPS) is 24.6. The highest BCUT2D eigenvalue weighted by atomic mass is 35.5. The van der Waals surface area contributed by atoms with Gasteiger partial charge in [0.25, 0.3) is 5.91 Å². The van der Waals surface area contributed by atoms with E-state index in [9.17, 15) is 14.0 Å². The molecule has 1 amide bonds. The molecule has 2 aromatic rings. The summed E-state index contributed by atoms with van der Waals surface area (Å²) in [5.74, 6) is -0.147. The van der Waals surface area contributed by atoms with Crippen molar-refractivity contribution in [2.75, 3.05) is 6.61 Å². The number of rotatable bonds is 8. The van der Waals surface area contributed by atoms with Crippen molar-refractivity contribution in [1.29, 1.82) is 0 Å². The third kappa shape index (κ3) is 3.88. The predicted octanol–water partition coefficient (Wildman–Crippen LogP) is 4.28. The molecule has 3 aliphatic rings. The summed E-state index contributed by atoms with van der Waals surface area (Å²) in [4.78, 5) is 24.6. The lowest BCUT2D eigenvalue weighted by Gasteiger charge is -2.70. The Balaban J connectivity index is 1.23. The minimum Gasteiger partial charge on any atom is -0.484 e. The first-order valence-electron chi connectivity index (χ1n) is 9.58. The van der Waals surface area contributed by atoms with Crippen molar-refractivity contribution >= 4 is 23.3 Å². The van der Waals surface area contributed by atoms with E-state index in [-0.39, 0.29) is 45.9 Å². The fourth-order valence-corrected chi connectivity index (χ4v) is 4.60. The monoisotopic (exact) mass is 420 g/mol. The van der Waals surface area contributed by atoms with Crippen molar-refractivity contribution in [3.05, 3.63) is 46.6 Å². The molecule has 154 valence electrons. The molecule has 1 aromatic heterocycles. The first kappa shape index (κ1) is 19.9. The second-order valence-electron chi connectivity index (χ2n) is 8.59. The van der Waals surface area contributed by atoms with Gasteiger partial charge in [-0.15, -0.1) is 0 Å². The number of Topliss-reactive ketones (excluding diaryl/α,β-unsaturated/α-hetero) is 1. The van der Waals surface area contributed by atoms with Crippen LogP contribution in [0, 0.1) is 11.2 Å². The number of hydrogen-bond acceptors (Lipinski definition) is 5. The van der Waals surface area contributed by atoms with Gasteiger partial charge in [0.15, 0.2) is 6.61 Å². The zero-order chi connectivity index (χ0) is 20.8. The maximum Gasteiger partial charge on any atom is 0.258 e. The van der Waals surface area contributed by atoms with E-state index in [0.29, 0.717) is 12.2 Å². The van der Waals surface area contributed by atoms with Crippen molar-refractivity contribution < 1.29 is 23.2 Å². The quantitative estimate of drug-likeness (QED) is 0.644. The van der Waals surface area contributed by atoms with Crippen molar-refractivity contribution in [3.8, 4) is 5.75 Å². The number of amides is 1. The number of ether oxygens (including phenoxy) is 1. The molecule has 1 aromatic carbocycles. The fraction of sp³-hybridized carbons (Fsp3) is 0.476. The van der Waals surface area contributed by atoms with E-state index in [1.807, 2.05) is 13.8 Å². The summed E-state index contributed by atoms with van der Waals surface area (Å²) in [6.45, 7) is 3.78. The van der Waals surface area contributed by atoms with E-state index in [4.69, 9.17) is 20.9 Å². The Bertz CT molecular complexity index is 952. The van der Waals surface area contributed by atoms with Crippen LogP contribution < -0.4 is 10.1 Å². The zero-order valence-corrected chi connectivity index (χ0v) is 17.0. The summed E-state index contributed by atoms with van der Waals surface area (Å²) >= 11 is 5.62. The Hall–Kier alpha value is -2.41. The first-order chi connectivity index (χ1) is 13.7. The van der Waals surface area contributed by atoms with Gasteiger partial charge in [-0.3, -0.25) is 9.59 Å². The SMILES string of the molecule is CC(C)c1cc(C(=O)CC23CC(NC(=O)COc4ccc(Cl)c(F)c4)(C2)C3)on1. The number of hydrogen-bond donors (Lipinski definition) is 1. The minimum atomic E-state index is -0.595.